The third-order valence-corrected chi connectivity index (χ3v) is 2.19. The lowest BCUT2D eigenvalue weighted by Gasteiger charge is -1.86. The van der Waals surface area contributed by atoms with Crippen molar-refractivity contribution in [3.63, 3.8) is 0 Å². The summed E-state index contributed by atoms with van der Waals surface area (Å²) in [6.07, 6.45) is 0. The zero-order valence-corrected chi connectivity index (χ0v) is 5.55. The largest absolute Gasteiger partial charge is 0.511 e. The van der Waals surface area contributed by atoms with Gasteiger partial charge in [-0.1, -0.05) is 0 Å². The van der Waals surface area contributed by atoms with Crippen LogP contribution in [-0.2, 0) is 19.9 Å². The van der Waals surface area contributed by atoms with Crippen molar-refractivity contribution in [3.05, 3.63) is 0 Å². The van der Waals surface area contributed by atoms with Crippen molar-refractivity contribution in [2.75, 3.05) is 0 Å². The summed E-state index contributed by atoms with van der Waals surface area (Å²) in [5.41, 5.74) is 0. The van der Waals surface area contributed by atoms with Crippen molar-refractivity contribution in [1.29, 1.82) is 0 Å². The van der Waals surface area contributed by atoms with E-state index in [-0.39, 0.29) is 0 Å². The van der Waals surface area contributed by atoms with Gasteiger partial charge in [-0.05, 0) is 0 Å². The third-order valence-electron chi connectivity index (χ3n) is 0.243. The monoisotopic (exact) mass is 173 g/mol. The molecule has 0 saturated heterocycles. The lowest BCUT2D eigenvalue weighted by molar-refractivity contribution is 0.495. The fraction of sp³-hybridized carbons (Fsp3) is 0. The van der Waals surface area contributed by atoms with E-state index in [9.17, 15) is 16.8 Å². The van der Waals surface area contributed by atoms with Gasteiger partial charge in [0.15, 0.2) is 0 Å². The van der Waals surface area contributed by atoms with Crippen LogP contribution in [0.15, 0.2) is 0 Å². The van der Waals surface area contributed by atoms with E-state index < -0.39 is 25.8 Å². The molecule has 0 aliphatic heterocycles. The summed E-state index contributed by atoms with van der Waals surface area (Å²) in [4.78, 5) is 0. The van der Waals surface area contributed by atoms with Gasteiger partial charge in [0, 0.05) is 0 Å². The number of hydrogen-bond donors (Lipinski definition) is 2. The zero-order valence-electron chi connectivity index (χ0n) is 3.92. The Morgan fingerprint density at radius 3 is 1.11 bits per heavy atom. The van der Waals surface area contributed by atoms with Gasteiger partial charge in [0.05, 0.1) is 0 Å². The standard InChI is InChI=1S/BH2O6S2/c2-8(3,4)1-9(5,6)7/h(H,2,3,4)(H,5,6,7). The highest BCUT2D eigenvalue weighted by Gasteiger charge is 2.22. The Morgan fingerprint density at radius 1 is 0.889 bits per heavy atom. The summed E-state index contributed by atoms with van der Waals surface area (Å²) in [5, 5.41) is 0. The minimum absolute atomic E-state index is 0.569. The van der Waals surface area contributed by atoms with Crippen LogP contribution in [0.25, 0.3) is 0 Å². The second-order valence-electron chi connectivity index (χ2n) is 1.13. The molecule has 0 bridgehead atoms. The van der Waals surface area contributed by atoms with E-state index in [0.29, 0.717) is 0 Å². The molecule has 0 rings (SSSR count). The summed E-state index contributed by atoms with van der Waals surface area (Å²) in [6, 6.07) is 0. The molecule has 0 amide bonds. The molecule has 1 radical (unpaired) electrons. The molecular formula is H2BO6S2. The van der Waals surface area contributed by atoms with Gasteiger partial charge in [0.2, 0.25) is 19.9 Å². The minimum Gasteiger partial charge on any atom is -0.294 e. The maximum absolute atomic E-state index is 9.61. The van der Waals surface area contributed by atoms with Crippen LogP contribution < -0.4 is 0 Å². The maximum Gasteiger partial charge on any atom is 0.511 e. The first-order valence-corrected chi connectivity index (χ1v) is 4.51. The molecule has 0 atom stereocenters. The van der Waals surface area contributed by atoms with Crippen LogP contribution in [0, 0.1) is 0 Å². The van der Waals surface area contributed by atoms with E-state index in [1.54, 1.807) is 0 Å². The topological polar surface area (TPSA) is 109 Å². The predicted molar refractivity (Wildman–Crippen MR) is 28.9 cm³/mol. The van der Waals surface area contributed by atoms with E-state index in [1.165, 1.54) is 0 Å². The Morgan fingerprint density at radius 2 is 1.11 bits per heavy atom. The normalized spacial score (nSPS) is 13.1. The lowest BCUT2D eigenvalue weighted by Crippen LogP contribution is -2.18. The number of rotatable bonds is 2. The van der Waals surface area contributed by atoms with Crippen molar-refractivity contribution in [2.24, 2.45) is 0 Å². The highest BCUT2D eigenvalue weighted by Crippen LogP contribution is 1.84. The summed E-state index contributed by atoms with van der Waals surface area (Å²) < 4.78 is 53.9. The van der Waals surface area contributed by atoms with Crippen molar-refractivity contribution in [3.8, 4) is 0 Å². The van der Waals surface area contributed by atoms with E-state index in [2.05, 4.69) is 0 Å². The Balaban J connectivity index is 4.46. The van der Waals surface area contributed by atoms with Gasteiger partial charge in [-0.15, -0.1) is 0 Å². The summed E-state index contributed by atoms with van der Waals surface area (Å²) >= 11 is 0. The molecule has 6 nitrogen and oxygen atoms in total. The van der Waals surface area contributed by atoms with Crippen LogP contribution in [-0.4, -0.2) is 31.8 Å². The second-order valence-corrected chi connectivity index (χ2v) is 3.96. The molecule has 9 heteroatoms. The number of hydrogen-bond acceptors (Lipinski definition) is 4. The summed E-state index contributed by atoms with van der Waals surface area (Å²) in [5.74, 6) is -0.569. The van der Waals surface area contributed by atoms with Crippen molar-refractivity contribution >= 4 is 25.8 Å². The maximum atomic E-state index is 9.61. The highest BCUT2D eigenvalue weighted by atomic mass is 32.3. The van der Waals surface area contributed by atoms with Gasteiger partial charge in [-0.3, -0.25) is 9.11 Å². The first kappa shape index (κ1) is 8.88. The van der Waals surface area contributed by atoms with Crippen molar-refractivity contribution in [1.82, 2.24) is 0 Å². The molecule has 0 fully saturated rings. The van der Waals surface area contributed by atoms with Gasteiger partial charge in [0.1, 0.15) is 0 Å². The van der Waals surface area contributed by atoms with Crippen LogP contribution in [0.5, 0.6) is 0 Å². The van der Waals surface area contributed by atoms with Crippen LogP contribution >= 0.6 is 0 Å². The average Bonchev–Trinajstić information content (AvgIpc) is 1.14. The molecule has 2 N–H and O–H groups in total. The molecule has 0 aromatic rings. The molecule has 0 spiro atoms. The Kier molecular flexibility index (Phi) is 2.22. The summed E-state index contributed by atoms with van der Waals surface area (Å²) in [6.45, 7) is 0. The molecule has 0 aromatic heterocycles. The zero-order chi connectivity index (χ0) is 7.71. The average molecular weight is 173 g/mol. The molecule has 53 valence electrons. The van der Waals surface area contributed by atoms with Crippen LogP contribution in [0.2, 0.25) is 0 Å². The fourth-order valence-corrected chi connectivity index (χ4v) is 1.38. The Bertz CT molecular complexity index is 236. The van der Waals surface area contributed by atoms with E-state index in [1.807, 2.05) is 0 Å². The van der Waals surface area contributed by atoms with Gasteiger partial charge >= 0.3 is 5.84 Å². The smallest absolute Gasteiger partial charge is 0.294 e. The van der Waals surface area contributed by atoms with Crippen LogP contribution in [0.3, 0.4) is 0 Å². The van der Waals surface area contributed by atoms with Crippen LogP contribution in [0.1, 0.15) is 0 Å². The van der Waals surface area contributed by atoms with Crippen molar-refractivity contribution < 1.29 is 25.9 Å². The Labute approximate surface area is 52.4 Å². The molecule has 0 heterocycles. The van der Waals surface area contributed by atoms with Gasteiger partial charge in [-0.25, -0.2) is 16.8 Å². The molecule has 9 heavy (non-hydrogen) atoms. The second kappa shape index (κ2) is 2.25. The van der Waals surface area contributed by atoms with E-state index in [4.69, 9.17) is 9.11 Å². The molecule has 0 saturated carbocycles. The Hall–Kier alpha value is -0.115. The van der Waals surface area contributed by atoms with E-state index >= 15 is 0 Å². The van der Waals surface area contributed by atoms with Crippen molar-refractivity contribution in [2.45, 2.75) is 0 Å². The molecule has 0 aromatic carbocycles. The van der Waals surface area contributed by atoms with Crippen LogP contribution in [0.4, 0.5) is 0 Å². The first-order valence-electron chi connectivity index (χ1n) is 1.50. The highest BCUT2D eigenvalue weighted by molar-refractivity contribution is 8.39. The summed E-state index contributed by atoms with van der Waals surface area (Å²) in [7, 11) is -9.49. The van der Waals surface area contributed by atoms with E-state index in [0.717, 1.165) is 0 Å². The first-order chi connectivity index (χ1) is 3.71. The quantitative estimate of drug-likeness (QED) is 0.380. The van der Waals surface area contributed by atoms with Gasteiger partial charge < -0.3 is 0 Å². The third kappa shape index (κ3) is 7.88. The SMILES string of the molecule is O=S(=O)(O)[B]S(=O)(=O)O. The lowest BCUT2D eigenvalue weighted by atomic mass is 10.7. The van der Waals surface area contributed by atoms with Gasteiger partial charge in [0.25, 0.3) is 0 Å². The fourth-order valence-electron chi connectivity index (χ4n) is 0.154. The molecular weight excluding hydrogens is 171 g/mol. The molecule has 0 unspecified atom stereocenters. The minimum atomic E-state index is -4.74. The predicted octanol–water partition coefficient (Wildman–Crippen LogP) is -1.70. The molecule has 0 aliphatic carbocycles. The van der Waals surface area contributed by atoms with Gasteiger partial charge in [-0.2, -0.15) is 0 Å². The molecule has 0 aliphatic rings.